The summed E-state index contributed by atoms with van der Waals surface area (Å²) in [5.74, 6) is -0.633. The summed E-state index contributed by atoms with van der Waals surface area (Å²) in [6.07, 6.45) is 0. The molecular weight excluding hydrogens is 388 g/mol. The van der Waals surface area contributed by atoms with Gasteiger partial charge in [-0.1, -0.05) is 0 Å². The van der Waals surface area contributed by atoms with Crippen LogP contribution in [0.3, 0.4) is 0 Å². The Morgan fingerprint density at radius 3 is 2.59 bits per heavy atom. The fraction of sp³-hybridized carbons (Fsp3) is 0.0556. The Hall–Kier alpha value is -4.33. The lowest BCUT2D eigenvalue weighted by atomic mass is 10.1. The van der Waals surface area contributed by atoms with E-state index in [0.717, 1.165) is 12.1 Å². The van der Waals surface area contributed by atoms with E-state index in [0.29, 0.717) is 11.3 Å². The lowest BCUT2D eigenvalue weighted by Crippen LogP contribution is -2.13. The number of rotatable bonds is 6. The van der Waals surface area contributed by atoms with Gasteiger partial charge in [0.2, 0.25) is 0 Å². The number of H-pyrrole nitrogens is 1. The maximum atomic E-state index is 12.4. The third-order valence-electron chi connectivity index (χ3n) is 3.78. The van der Waals surface area contributed by atoms with Gasteiger partial charge in [-0.05, 0) is 36.4 Å². The Kier molecular flexibility index (Phi) is 5.45. The van der Waals surface area contributed by atoms with Crippen molar-refractivity contribution in [2.75, 3.05) is 5.32 Å². The minimum Gasteiger partial charge on any atom is -0.435 e. The van der Waals surface area contributed by atoms with Gasteiger partial charge in [0.05, 0.1) is 21.9 Å². The third-order valence-corrected chi connectivity index (χ3v) is 3.78. The number of halogens is 2. The number of ether oxygens (including phenoxy) is 1. The predicted octanol–water partition coefficient (Wildman–Crippen LogP) is 3.71. The monoisotopic (exact) mass is 399 g/mol. The molecule has 29 heavy (non-hydrogen) atoms. The van der Waals surface area contributed by atoms with E-state index >= 15 is 0 Å². The molecule has 9 nitrogen and oxygen atoms in total. The molecule has 2 aromatic carbocycles. The molecule has 3 rings (SSSR count). The van der Waals surface area contributed by atoms with Crippen LogP contribution in [0.4, 0.5) is 20.2 Å². The average molecular weight is 399 g/mol. The van der Waals surface area contributed by atoms with Crippen molar-refractivity contribution in [3.8, 4) is 23.1 Å². The molecule has 0 atom stereocenters. The summed E-state index contributed by atoms with van der Waals surface area (Å²) in [6.45, 7) is -2.93. The van der Waals surface area contributed by atoms with E-state index in [1.165, 1.54) is 36.4 Å². The largest absolute Gasteiger partial charge is 0.435 e. The molecule has 0 aliphatic rings. The van der Waals surface area contributed by atoms with Gasteiger partial charge in [-0.3, -0.25) is 20.0 Å². The van der Waals surface area contributed by atoms with Crippen LogP contribution in [0.15, 0.2) is 48.5 Å². The van der Waals surface area contributed by atoms with Crippen molar-refractivity contribution in [2.45, 2.75) is 6.61 Å². The summed E-state index contributed by atoms with van der Waals surface area (Å²) in [5.41, 5.74) is 0.755. The summed E-state index contributed by atoms with van der Waals surface area (Å²) < 4.78 is 28.7. The van der Waals surface area contributed by atoms with Gasteiger partial charge in [-0.25, -0.2) is 0 Å². The fourth-order valence-electron chi connectivity index (χ4n) is 2.43. The molecule has 0 aliphatic heterocycles. The first kappa shape index (κ1) is 19.4. The maximum absolute atomic E-state index is 12.4. The second-order valence-electron chi connectivity index (χ2n) is 5.62. The molecule has 1 aromatic heterocycles. The first-order valence-corrected chi connectivity index (χ1v) is 7.98. The number of nitrogens with one attached hydrogen (secondary N) is 2. The van der Waals surface area contributed by atoms with E-state index in [1.807, 2.05) is 0 Å². The van der Waals surface area contributed by atoms with Crippen molar-refractivity contribution < 1.29 is 23.2 Å². The highest BCUT2D eigenvalue weighted by Gasteiger charge is 2.16. The standard InChI is InChI=1S/C18H11F2N5O4/c19-18(20)29-13-4-1-10(2-5-13)15-8-16(24-23-15)17(26)22-14-6-3-12(25(27)28)7-11(14)9-21/h1-8,18H,(H,22,26)(H,23,24). The fourth-order valence-corrected chi connectivity index (χ4v) is 2.43. The number of nitriles is 1. The van der Waals surface area contributed by atoms with Crippen LogP contribution < -0.4 is 10.1 Å². The van der Waals surface area contributed by atoms with Gasteiger partial charge in [0.25, 0.3) is 11.6 Å². The number of aromatic amines is 1. The lowest BCUT2D eigenvalue weighted by Gasteiger charge is -2.05. The zero-order valence-corrected chi connectivity index (χ0v) is 14.4. The number of carbonyl (C=O) groups is 1. The quantitative estimate of drug-likeness (QED) is 0.479. The average Bonchev–Trinajstić information content (AvgIpc) is 3.18. The Bertz CT molecular complexity index is 1110. The molecule has 1 heterocycles. The van der Waals surface area contributed by atoms with Crippen LogP contribution in [-0.4, -0.2) is 27.6 Å². The highest BCUT2D eigenvalue weighted by Crippen LogP contribution is 2.24. The third kappa shape index (κ3) is 4.51. The minimum absolute atomic E-state index is 0.0144. The van der Waals surface area contributed by atoms with Gasteiger partial charge >= 0.3 is 6.61 Å². The molecular formula is C18H11F2N5O4. The Balaban J connectivity index is 1.76. The van der Waals surface area contributed by atoms with Gasteiger partial charge in [0.1, 0.15) is 17.5 Å². The Morgan fingerprint density at radius 2 is 1.97 bits per heavy atom. The summed E-state index contributed by atoms with van der Waals surface area (Å²) >= 11 is 0. The highest BCUT2D eigenvalue weighted by molar-refractivity contribution is 6.04. The number of nitro groups is 1. The molecule has 11 heteroatoms. The molecule has 0 radical (unpaired) electrons. The zero-order valence-electron chi connectivity index (χ0n) is 14.4. The van der Waals surface area contributed by atoms with Crippen molar-refractivity contribution in [1.82, 2.24) is 10.2 Å². The van der Waals surface area contributed by atoms with Crippen LogP contribution in [-0.2, 0) is 0 Å². The van der Waals surface area contributed by atoms with Crippen molar-refractivity contribution >= 4 is 17.3 Å². The van der Waals surface area contributed by atoms with Gasteiger partial charge < -0.3 is 10.1 Å². The first-order chi connectivity index (χ1) is 13.9. The molecule has 0 aliphatic carbocycles. The number of anilines is 1. The molecule has 0 saturated heterocycles. The lowest BCUT2D eigenvalue weighted by molar-refractivity contribution is -0.384. The van der Waals surface area contributed by atoms with Gasteiger partial charge in [0, 0.05) is 17.7 Å². The summed E-state index contributed by atoms with van der Waals surface area (Å²) in [4.78, 5) is 22.5. The number of nitro benzene ring substituents is 1. The van der Waals surface area contributed by atoms with Crippen LogP contribution in [0.2, 0.25) is 0 Å². The zero-order chi connectivity index (χ0) is 21.0. The SMILES string of the molecule is N#Cc1cc([N+](=O)[O-])ccc1NC(=O)c1cc(-c2ccc(OC(F)F)cc2)n[nH]1. The van der Waals surface area contributed by atoms with E-state index in [1.54, 1.807) is 6.07 Å². The van der Waals surface area contributed by atoms with Crippen LogP contribution in [0.25, 0.3) is 11.3 Å². The second kappa shape index (κ2) is 8.13. The second-order valence-corrected chi connectivity index (χ2v) is 5.62. The Morgan fingerprint density at radius 1 is 1.24 bits per heavy atom. The van der Waals surface area contributed by atoms with Gasteiger partial charge in [-0.2, -0.15) is 19.1 Å². The molecule has 146 valence electrons. The summed E-state index contributed by atoms with van der Waals surface area (Å²) in [6, 6.07) is 12.4. The molecule has 0 saturated carbocycles. The topological polar surface area (TPSA) is 134 Å². The molecule has 0 fully saturated rings. The molecule has 0 bridgehead atoms. The molecule has 2 N–H and O–H groups in total. The number of benzene rings is 2. The van der Waals surface area contributed by atoms with E-state index in [9.17, 15) is 23.7 Å². The van der Waals surface area contributed by atoms with Crippen LogP contribution >= 0.6 is 0 Å². The number of hydrogen-bond acceptors (Lipinski definition) is 6. The number of aromatic nitrogens is 2. The summed E-state index contributed by atoms with van der Waals surface area (Å²) in [5, 5.41) is 28.9. The van der Waals surface area contributed by atoms with Crippen molar-refractivity contribution in [3.63, 3.8) is 0 Å². The smallest absolute Gasteiger partial charge is 0.387 e. The molecule has 3 aromatic rings. The Labute approximate surface area is 161 Å². The highest BCUT2D eigenvalue weighted by atomic mass is 19.3. The van der Waals surface area contributed by atoms with Crippen molar-refractivity contribution in [2.24, 2.45) is 0 Å². The molecule has 1 amide bonds. The van der Waals surface area contributed by atoms with Crippen molar-refractivity contribution in [1.29, 1.82) is 5.26 Å². The van der Waals surface area contributed by atoms with E-state index in [4.69, 9.17) is 5.26 Å². The number of nitrogens with zero attached hydrogens (tertiary/aromatic N) is 3. The number of amides is 1. The van der Waals surface area contributed by atoms with E-state index in [-0.39, 0.29) is 28.4 Å². The first-order valence-electron chi connectivity index (χ1n) is 7.98. The molecule has 0 unspecified atom stereocenters. The van der Waals surface area contributed by atoms with Crippen LogP contribution in [0.1, 0.15) is 16.1 Å². The maximum Gasteiger partial charge on any atom is 0.387 e. The normalized spacial score (nSPS) is 10.4. The van der Waals surface area contributed by atoms with Gasteiger partial charge in [0.15, 0.2) is 0 Å². The number of hydrogen-bond donors (Lipinski definition) is 2. The van der Waals surface area contributed by atoms with Gasteiger partial charge in [-0.15, -0.1) is 0 Å². The van der Waals surface area contributed by atoms with Crippen molar-refractivity contribution in [3.05, 3.63) is 69.9 Å². The van der Waals surface area contributed by atoms with Crippen LogP contribution in [0.5, 0.6) is 5.75 Å². The van der Waals surface area contributed by atoms with E-state index in [2.05, 4.69) is 20.3 Å². The number of non-ortho nitro benzene ring substituents is 1. The predicted molar refractivity (Wildman–Crippen MR) is 96.4 cm³/mol. The van der Waals surface area contributed by atoms with Crippen LogP contribution in [0, 0.1) is 21.4 Å². The van der Waals surface area contributed by atoms with E-state index < -0.39 is 17.4 Å². The summed E-state index contributed by atoms with van der Waals surface area (Å²) in [7, 11) is 0. The molecule has 0 spiro atoms. The number of carbonyl (C=O) groups excluding carboxylic acids is 1. The number of alkyl halides is 2. The minimum atomic E-state index is -2.93.